The van der Waals surface area contributed by atoms with Crippen molar-refractivity contribution in [1.29, 1.82) is 0 Å². The van der Waals surface area contributed by atoms with Gasteiger partial charge in [-0.2, -0.15) is 0 Å². The molecule has 1 N–H and O–H groups in total. The lowest BCUT2D eigenvalue weighted by Crippen LogP contribution is -2.23. The monoisotopic (exact) mass is 321 g/mol. The highest BCUT2D eigenvalue weighted by molar-refractivity contribution is 9.10. The van der Waals surface area contributed by atoms with E-state index in [9.17, 15) is 0 Å². The fourth-order valence-electron chi connectivity index (χ4n) is 1.76. The first kappa shape index (κ1) is 14.0. The molecule has 0 amide bonds. The molecular formula is C12H14BrCl2N. The van der Waals surface area contributed by atoms with Crippen molar-refractivity contribution in [2.45, 2.75) is 12.8 Å². The van der Waals surface area contributed by atoms with Crippen LogP contribution in [0.2, 0.25) is 5.02 Å². The number of hydrogen-bond acceptors (Lipinski definition) is 1. The van der Waals surface area contributed by atoms with Gasteiger partial charge in [-0.1, -0.05) is 39.2 Å². The molecule has 0 aliphatic carbocycles. The molecule has 1 aliphatic rings. The highest BCUT2D eigenvalue weighted by Crippen LogP contribution is 2.23. The molecule has 2 rings (SSSR count). The molecule has 88 valence electrons. The van der Waals surface area contributed by atoms with Crippen LogP contribution in [0, 0.1) is 0 Å². The fourth-order valence-corrected chi connectivity index (χ4v) is 2.35. The topological polar surface area (TPSA) is 12.0 Å². The quantitative estimate of drug-likeness (QED) is 0.812. The normalized spacial score (nSPS) is 15.2. The maximum atomic E-state index is 6.15. The minimum atomic E-state index is 0. The van der Waals surface area contributed by atoms with E-state index in [2.05, 4.69) is 33.4 Å². The van der Waals surface area contributed by atoms with Gasteiger partial charge in [-0.05, 0) is 43.1 Å². The predicted octanol–water partition coefficient (Wildman–Crippen LogP) is 3.99. The zero-order chi connectivity index (χ0) is 10.7. The van der Waals surface area contributed by atoms with Gasteiger partial charge in [0.15, 0.2) is 0 Å². The Balaban J connectivity index is 0.00000128. The Bertz CT molecular complexity index is 391. The highest BCUT2D eigenvalue weighted by atomic mass is 79.9. The van der Waals surface area contributed by atoms with Crippen molar-refractivity contribution in [3.8, 4) is 0 Å². The van der Waals surface area contributed by atoms with Crippen molar-refractivity contribution in [2.24, 2.45) is 0 Å². The van der Waals surface area contributed by atoms with Crippen molar-refractivity contribution >= 4 is 39.9 Å². The lowest BCUT2D eigenvalue weighted by Gasteiger charge is -2.15. The number of nitrogens with one attached hydrogen (secondary N) is 1. The maximum absolute atomic E-state index is 6.15. The van der Waals surface area contributed by atoms with Crippen molar-refractivity contribution in [2.75, 3.05) is 13.1 Å². The number of hydrogen-bond donors (Lipinski definition) is 1. The third kappa shape index (κ3) is 3.77. The van der Waals surface area contributed by atoms with Gasteiger partial charge in [0.2, 0.25) is 0 Å². The van der Waals surface area contributed by atoms with E-state index in [0.717, 1.165) is 35.4 Å². The van der Waals surface area contributed by atoms with E-state index in [1.165, 1.54) is 11.1 Å². The van der Waals surface area contributed by atoms with Crippen LogP contribution in [-0.2, 0) is 6.42 Å². The second kappa shape index (κ2) is 6.65. The first-order valence-electron chi connectivity index (χ1n) is 5.08. The van der Waals surface area contributed by atoms with Crippen LogP contribution in [0.4, 0.5) is 0 Å². The molecule has 0 saturated carbocycles. The van der Waals surface area contributed by atoms with Gasteiger partial charge < -0.3 is 5.32 Å². The van der Waals surface area contributed by atoms with Gasteiger partial charge in [0, 0.05) is 16.0 Å². The molecular weight excluding hydrogens is 309 g/mol. The molecule has 0 atom stereocenters. The zero-order valence-electron chi connectivity index (χ0n) is 8.80. The minimum Gasteiger partial charge on any atom is -0.313 e. The first-order chi connectivity index (χ1) is 7.25. The van der Waals surface area contributed by atoms with Crippen molar-refractivity contribution < 1.29 is 0 Å². The Morgan fingerprint density at radius 3 is 2.88 bits per heavy atom. The summed E-state index contributed by atoms with van der Waals surface area (Å²) in [7, 11) is 0. The van der Waals surface area contributed by atoms with Crippen LogP contribution in [0.25, 0.3) is 0 Å². The van der Waals surface area contributed by atoms with Gasteiger partial charge in [-0.3, -0.25) is 0 Å². The van der Waals surface area contributed by atoms with Crippen molar-refractivity contribution in [1.82, 2.24) is 5.32 Å². The van der Waals surface area contributed by atoms with Crippen molar-refractivity contribution in [3.05, 3.63) is 44.9 Å². The van der Waals surface area contributed by atoms with E-state index in [0.29, 0.717) is 0 Å². The SMILES string of the molecule is Cl.Clc1ccc(Br)cc1CC1=CCCNC1. The smallest absolute Gasteiger partial charge is 0.0442 e. The molecule has 1 aromatic carbocycles. The van der Waals surface area contributed by atoms with Gasteiger partial charge in [0.25, 0.3) is 0 Å². The van der Waals surface area contributed by atoms with Crippen molar-refractivity contribution in [3.63, 3.8) is 0 Å². The van der Waals surface area contributed by atoms with E-state index in [1.54, 1.807) is 0 Å². The number of halogens is 3. The molecule has 0 aromatic heterocycles. The van der Waals surface area contributed by atoms with Crippen LogP contribution in [-0.4, -0.2) is 13.1 Å². The third-order valence-electron chi connectivity index (χ3n) is 2.53. The molecule has 16 heavy (non-hydrogen) atoms. The molecule has 1 aromatic rings. The molecule has 0 bridgehead atoms. The maximum Gasteiger partial charge on any atom is 0.0442 e. The van der Waals surface area contributed by atoms with Gasteiger partial charge in [-0.25, -0.2) is 0 Å². The summed E-state index contributed by atoms with van der Waals surface area (Å²) in [6, 6.07) is 6.01. The molecule has 0 radical (unpaired) electrons. The van der Waals surface area contributed by atoms with E-state index < -0.39 is 0 Å². The number of rotatable bonds is 2. The molecule has 0 unspecified atom stereocenters. The van der Waals surface area contributed by atoms with Gasteiger partial charge in [0.1, 0.15) is 0 Å². The summed E-state index contributed by atoms with van der Waals surface area (Å²) in [6.45, 7) is 2.08. The Labute approximate surface area is 116 Å². The van der Waals surface area contributed by atoms with Crippen LogP contribution in [0.15, 0.2) is 34.3 Å². The highest BCUT2D eigenvalue weighted by Gasteiger charge is 2.07. The lowest BCUT2D eigenvalue weighted by molar-refractivity contribution is 0.691. The van der Waals surface area contributed by atoms with Gasteiger partial charge in [0.05, 0.1) is 0 Å². The molecule has 1 aliphatic heterocycles. The van der Waals surface area contributed by atoms with Gasteiger partial charge >= 0.3 is 0 Å². The fraction of sp³-hybridized carbons (Fsp3) is 0.333. The summed E-state index contributed by atoms with van der Waals surface area (Å²) in [5, 5.41) is 4.22. The van der Waals surface area contributed by atoms with E-state index in [4.69, 9.17) is 11.6 Å². The molecule has 0 saturated heterocycles. The summed E-state index contributed by atoms with van der Waals surface area (Å²) in [4.78, 5) is 0. The summed E-state index contributed by atoms with van der Waals surface area (Å²) < 4.78 is 1.09. The molecule has 1 nitrogen and oxygen atoms in total. The Morgan fingerprint density at radius 2 is 2.19 bits per heavy atom. The van der Waals surface area contributed by atoms with E-state index >= 15 is 0 Å². The van der Waals surface area contributed by atoms with Crippen LogP contribution < -0.4 is 5.32 Å². The second-order valence-corrected chi connectivity index (χ2v) is 5.06. The zero-order valence-corrected chi connectivity index (χ0v) is 12.0. The summed E-state index contributed by atoms with van der Waals surface area (Å²) in [5.74, 6) is 0. The third-order valence-corrected chi connectivity index (χ3v) is 3.39. The molecule has 0 fully saturated rings. The Morgan fingerprint density at radius 1 is 1.38 bits per heavy atom. The average molecular weight is 323 g/mol. The van der Waals surface area contributed by atoms with Crippen LogP contribution in [0.5, 0.6) is 0 Å². The van der Waals surface area contributed by atoms with E-state index in [1.807, 2.05) is 12.1 Å². The summed E-state index contributed by atoms with van der Waals surface area (Å²) in [6.07, 6.45) is 4.39. The summed E-state index contributed by atoms with van der Waals surface area (Å²) in [5.41, 5.74) is 2.63. The minimum absolute atomic E-state index is 0. The Hall–Kier alpha value is -0.0200. The van der Waals surface area contributed by atoms with Gasteiger partial charge in [-0.15, -0.1) is 12.4 Å². The first-order valence-corrected chi connectivity index (χ1v) is 6.25. The second-order valence-electron chi connectivity index (χ2n) is 3.74. The average Bonchev–Trinajstić information content (AvgIpc) is 2.25. The predicted molar refractivity (Wildman–Crippen MR) is 75.7 cm³/mol. The summed E-state index contributed by atoms with van der Waals surface area (Å²) >= 11 is 9.61. The molecule has 0 spiro atoms. The van der Waals surface area contributed by atoms with Crippen LogP contribution in [0.1, 0.15) is 12.0 Å². The molecule has 4 heteroatoms. The molecule has 1 heterocycles. The van der Waals surface area contributed by atoms with E-state index in [-0.39, 0.29) is 12.4 Å². The largest absolute Gasteiger partial charge is 0.313 e. The van der Waals surface area contributed by atoms with Crippen LogP contribution in [0.3, 0.4) is 0 Å². The standard InChI is InChI=1S/C12H13BrClN.ClH/c13-11-3-4-12(14)10(7-11)6-9-2-1-5-15-8-9;/h2-4,7,15H,1,5-6,8H2;1H. The number of benzene rings is 1. The Kier molecular flexibility index (Phi) is 5.84. The van der Waals surface area contributed by atoms with Crippen LogP contribution >= 0.6 is 39.9 Å². The lowest BCUT2D eigenvalue weighted by atomic mass is 10.0.